The van der Waals surface area contributed by atoms with Crippen molar-refractivity contribution in [3.05, 3.63) is 131 Å². The quantitative estimate of drug-likeness (QED) is 0.0615. The number of aromatic nitrogens is 5. The lowest BCUT2D eigenvalue weighted by molar-refractivity contribution is -0.118. The Kier molecular flexibility index (Phi) is 13.9. The minimum Gasteiger partial charge on any atom is -0.508 e. The number of anilines is 4. The fraction of sp³-hybridized carbons (Fsp3) is 0.116. The second kappa shape index (κ2) is 20.0. The van der Waals surface area contributed by atoms with Crippen molar-refractivity contribution >= 4 is 64.3 Å². The summed E-state index contributed by atoms with van der Waals surface area (Å²) in [5, 5.41) is 63.1. The van der Waals surface area contributed by atoms with Gasteiger partial charge in [0.2, 0.25) is 5.91 Å². The van der Waals surface area contributed by atoms with Crippen molar-refractivity contribution in [2.24, 2.45) is 0 Å². The number of carbonyl (C=O) groups excluding carboxylic acids is 5. The number of carboxylic acid groups (broad SMARTS) is 1. The van der Waals surface area contributed by atoms with Crippen LogP contribution in [0.15, 0.2) is 97.0 Å². The van der Waals surface area contributed by atoms with Crippen molar-refractivity contribution in [2.75, 3.05) is 35.5 Å². The van der Waals surface area contributed by atoms with Gasteiger partial charge in [0, 0.05) is 12.0 Å². The first-order chi connectivity index (χ1) is 31.1. The second-order valence-electron chi connectivity index (χ2n) is 13.7. The maximum absolute atomic E-state index is 13.5. The van der Waals surface area contributed by atoms with Gasteiger partial charge in [-0.05, 0) is 79.2 Å². The van der Waals surface area contributed by atoms with Gasteiger partial charge in [0.15, 0.2) is 23.0 Å². The molecule has 0 aliphatic rings. The molecule has 0 bridgehead atoms. The fourth-order valence-corrected chi connectivity index (χ4v) is 6.01. The van der Waals surface area contributed by atoms with Crippen molar-refractivity contribution in [1.82, 2.24) is 30.7 Å². The maximum Gasteiger partial charge on any atom is 0.339 e. The van der Waals surface area contributed by atoms with Gasteiger partial charge >= 0.3 is 5.97 Å². The highest BCUT2D eigenvalue weighted by molar-refractivity contribution is 6.10. The van der Waals surface area contributed by atoms with Gasteiger partial charge < -0.3 is 56.5 Å². The molecule has 22 heteroatoms. The third-order valence-electron chi connectivity index (χ3n) is 9.29. The average Bonchev–Trinajstić information content (AvgIpc) is 3.80. The molecule has 332 valence electrons. The number of carboxylic acids is 1. The molecule has 5 amide bonds. The molecule has 0 unspecified atom stereocenters. The van der Waals surface area contributed by atoms with Crippen LogP contribution in [0.2, 0.25) is 0 Å². The van der Waals surface area contributed by atoms with Gasteiger partial charge in [-0.25, -0.2) is 14.8 Å². The van der Waals surface area contributed by atoms with Crippen molar-refractivity contribution < 1.29 is 58.7 Å². The number of pyridine rings is 2. The molecule has 0 radical (unpaired) electrons. The van der Waals surface area contributed by atoms with Crippen molar-refractivity contribution in [3.8, 4) is 28.7 Å². The highest BCUT2D eigenvalue weighted by Crippen LogP contribution is 2.40. The predicted molar refractivity (Wildman–Crippen MR) is 231 cm³/mol. The van der Waals surface area contributed by atoms with E-state index in [1.54, 1.807) is 25.1 Å². The molecule has 22 nitrogen and oxygen atoms in total. The number of aromatic carboxylic acids is 1. The van der Waals surface area contributed by atoms with Gasteiger partial charge in [0.1, 0.15) is 28.7 Å². The second-order valence-corrected chi connectivity index (χ2v) is 13.7. The summed E-state index contributed by atoms with van der Waals surface area (Å²) >= 11 is 0. The van der Waals surface area contributed by atoms with Crippen LogP contribution in [0.1, 0.15) is 59.9 Å². The third kappa shape index (κ3) is 10.9. The SMILES string of the molecule is COc1c(NC(=O)c2ccc(NC(=O)c3ccc(NC(=O)[C@H](Cc4cn[nH]n4)NC(=O)c4ccc(NC(=O)/C(C)=C/c5ccc(O)cc5)cn4)cn3)c(OC)c2O)ccc(C(=O)O)c1O. The molecular formula is C43H38N10O12. The molecule has 65 heavy (non-hydrogen) atoms. The summed E-state index contributed by atoms with van der Waals surface area (Å²) < 4.78 is 10.3. The Balaban J connectivity index is 1.08. The molecule has 0 aliphatic carbocycles. The number of hydrogen-bond acceptors (Lipinski definition) is 15. The Bertz CT molecular complexity index is 2800. The van der Waals surface area contributed by atoms with E-state index >= 15 is 0 Å². The lowest BCUT2D eigenvalue weighted by Crippen LogP contribution is -2.45. The Morgan fingerprint density at radius 1 is 0.677 bits per heavy atom. The van der Waals surface area contributed by atoms with E-state index < -0.39 is 58.6 Å². The van der Waals surface area contributed by atoms with Gasteiger partial charge in [0.25, 0.3) is 23.6 Å². The van der Waals surface area contributed by atoms with Gasteiger partial charge in [-0.3, -0.25) is 24.0 Å². The largest absolute Gasteiger partial charge is 0.508 e. The summed E-state index contributed by atoms with van der Waals surface area (Å²) in [7, 11) is 2.34. The zero-order valence-electron chi connectivity index (χ0n) is 34.4. The van der Waals surface area contributed by atoms with E-state index in [2.05, 4.69) is 52.0 Å². The van der Waals surface area contributed by atoms with Gasteiger partial charge in [0.05, 0.1) is 66.8 Å². The normalized spacial score (nSPS) is 11.4. The number of H-pyrrole nitrogens is 1. The minimum absolute atomic E-state index is 0.0543. The number of amides is 5. The Morgan fingerprint density at radius 2 is 1.25 bits per heavy atom. The molecular weight excluding hydrogens is 849 g/mol. The average molecular weight is 887 g/mol. The zero-order chi connectivity index (χ0) is 46.8. The van der Waals surface area contributed by atoms with Crippen LogP contribution in [0.25, 0.3) is 6.08 Å². The van der Waals surface area contributed by atoms with Crippen LogP contribution < -0.4 is 36.1 Å². The predicted octanol–water partition coefficient (Wildman–Crippen LogP) is 3.95. The Morgan fingerprint density at radius 3 is 1.80 bits per heavy atom. The first kappa shape index (κ1) is 45.2. The van der Waals surface area contributed by atoms with Gasteiger partial charge in [-0.15, -0.1) is 0 Å². The molecule has 6 aromatic rings. The number of aromatic amines is 1. The number of benzene rings is 3. The summed E-state index contributed by atoms with van der Waals surface area (Å²) in [6.07, 6.45) is 5.39. The van der Waals surface area contributed by atoms with E-state index in [9.17, 15) is 49.2 Å². The van der Waals surface area contributed by atoms with E-state index in [4.69, 9.17) is 9.47 Å². The van der Waals surface area contributed by atoms with Crippen molar-refractivity contribution in [2.45, 2.75) is 19.4 Å². The summed E-state index contributed by atoms with van der Waals surface area (Å²) in [5.74, 6) is -6.86. The molecule has 0 fully saturated rings. The summed E-state index contributed by atoms with van der Waals surface area (Å²) in [6.45, 7) is 1.61. The number of hydrogen-bond donors (Lipinski definition) is 10. The van der Waals surface area contributed by atoms with Crippen LogP contribution in [0.4, 0.5) is 22.7 Å². The molecule has 0 saturated carbocycles. The van der Waals surface area contributed by atoms with Crippen LogP contribution in [-0.4, -0.2) is 102 Å². The van der Waals surface area contributed by atoms with Crippen LogP contribution >= 0.6 is 0 Å². The van der Waals surface area contributed by atoms with Crippen LogP contribution in [-0.2, 0) is 16.0 Å². The first-order valence-electron chi connectivity index (χ1n) is 19.0. The number of nitrogens with one attached hydrogen (secondary N) is 6. The number of phenols is 3. The van der Waals surface area contributed by atoms with E-state index in [0.717, 1.165) is 13.2 Å². The smallest absolute Gasteiger partial charge is 0.339 e. The fourth-order valence-electron chi connectivity index (χ4n) is 6.01. The number of phenolic OH excluding ortho intramolecular Hbond substituents is 2. The third-order valence-corrected chi connectivity index (χ3v) is 9.29. The zero-order valence-corrected chi connectivity index (χ0v) is 34.4. The first-order valence-corrected chi connectivity index (χ1v) is 19.0. The molecule has 3 heterocycles. The molecule has 0 saturated heterocycles. The van der Waals surface area contributed by atoms with E-state index in [0.29, 0.717) is 22.5 Å². The van der Waals surface area contributed by atoms with Crippen LogP contribution in [0.3, 0.4) is 0 Å². The minimum atomic E-state index is -1.43. The number of carbonyl (C=O) groups is 6. The Labute approximate surface area is 367 Å². The molecule has 3 aromatic carbocycles. The topological polar surface area (TPSA) is 329 Å². The van der Waals surface area contributed by atoms with Gasteiger partial charge in [-0.2, -0.15) is 15.4 Å². The van der Waals surface area contributed by atoms with Crippen LogP contribution in [0.5, 0.6) is 28.7 Å². The number of ether oxygens (including phenoxy) is 2. The monoisotopic (exact) mass is 886 g/mol. The van der Waals surface area contributed by atoms with Crippen molar-refractivity contribution in [3.63, 3.8) is 0 Å². The summed E-state index contributed by atoms with van der Waals surface area (Å²) in [5.41, 5.74) is 0.729. The standard InChI is InChI=1S/C43H38N10O12/c1-21(16-22-4-8-26(54)9-5-22)38(57)47-23-6-12-32(44-18-23)41(60)51-33(17-25-20-46-53-52-25)42(61)48-24-7-13-31(45-19-24)40(59)50-30-14-10-27(34(55)36(30)64-2)39(58)49-29-15-11-28(43(62)63)35(56)37(29)65-3/h4-16,18-20,33,54-56H,17H2,1-3H3,(H,47,57)(H,48,61)(H,49,58)(H,50,59)(H,51,60)(H,62,63)(H,46,52,53)/b21-16+/t33-/m0/s1. The lowest BCUT2D eigenvalue weighted by atomic mass is 10.1. The highest BCUT2D eigenvalue weighted by Gasteiger charge is 2.26. The van der Waals surface area contributed by atoms with E-state index in [1.165, 1.54) is 80.3 Å². The maximum atomic E-state index is 13.5. The van der Waals surface area contributed by atoms with Crippen LogP contribution in [0, 0.1) is 0 Å². The number of aromatic hydroxyl groups is 3. The van der Waals surface area contributed by atoms with Gasteiger partial charge in [-0.1, -0.05) is 12.1 Å². The number of rotatable bonds is 16. The molecule has 0 aliphatic heterocycles. The molecule has 6 rings (SSSR count). The summed E-state index contributed by atoms with van der Waals surface area (Å²) in [6, 6.07) is 15.3. The van der Waals surface area contributed by atoms with Crippen molar-refractivity contribution in [1.29, 1.82) is 0 Å². The molecule has 1 atom stereocenters. The lowest BCUT2D eigenvalue weighted by Gasteiger charge is -2.18. The number of methoxy groups -OCH3 is 2. The molecule has 0 spiro atoms. The Hall–Kier alpha value is -9.34. The number of nitrogens with zero attached hydrogens (tertiary/aromatic N) is 4. The summed E-state index contributed by atoms with van der Waals surface area (Å²) in [4.78, 5) is 85.6. The van der Waals surface area contributed by atoms with E-state index in [1.807, 2.05) is 0 Å². The van der Waals surface area contributed by atoms with E-state index in [-0.39, 0.29) is 57.7 Å². The highest BCUT2D eigenvalue weighted by atomic mass is 16.5. The molecule has 3 aromatic heterocycles. The molecule has 10 N–H and O–H groups in total.